The summed E-state index contributed by atoms with van der Waals surface area (Å²) in [5.41, 5.74) is 3.89. The molecule has 1 atom stereocenters. The van der Waals surface area contributed by atoms with E-state index < -0.39 is 6.75 Å². The van der Waals surface area contributed by atoms with Crippen molar-refractivity contribution in [3.05, 3.63) is 59.2 Å². The lowest BCUT2D eigenvalue weighted by Crippen LogP contribution is -2.45. The maximum atomic E-state index is 7.58. The van der Waals surface area contributed by atoms with E-state index in [0.29, 0.717) is 23.5 Å². The minimum absolute atomic E-state index is 0.320. The fourth-order valence-corrected chi connectivity index (χ4v) is 3.70. The third-order valence-corrected chi connectivity index (χ3v) is 4.97. The van der Waals surface area contributed by atoms with Gasteiger partial charge in [-0.3, -0.25) is 4.90 Å². The Balaban J connectivity index is 1.47. The van der Waals surface area contributed by atoms with Crippen LogP contribution in [0, 0.1) is 0 Å². The first-order valence-electron chi connectivity index (χ1n) is 9.97. The van der Waals surface area contributed by atoms with E-state index in [1.165, 1.54) is 11.1 Å². The van der Waals surface area contributed by atoms with Crippen LogP contribution in [0.2, 0.25) is 0 Å². The van der Waals surface area contributed by atoms with E-state index in [1.807, 2.05) is 12.1 Å². The minimum Gasteiger partial charge on any atom is -0.454 e. The third-order valence-electron chi connectivity index (χ3n) is 4.97. The lowest BCUT2D eigenvalue weighted by molar-refractivity contribution is 0.173. The van der Waals surface area contributed by atoms with Crippen LogP contribution in [-0.2, 0) is 6.54 Å². The van der Waals surface area contributed by atoms with Crippen LogP contribution >= 0.6 is 0 Å². The Kier molecular flexibility index (Phi) is 4.00. The molecule has 1 saturated heterocycles. The Labute approximate surface area is 152 Å². The molecule has 1 N–H and O–H groups in total. The van der Waals surface area contributed by atoms with Crippen molar-refractivity contribution in [1.29, 1.82) is 0 Å². The van der Waals surface area contributed by atoms with Crippen LogP contribution in [0.5, 0.6) is 11.5 Å². The second-order valence-corrected chi connectivity index (χ2v) is 7.09. The van der Waals surface area contributed by atoms with Gasteiger partial charge in [0.25, 0.3) is 0 Å². The Morgan fingerprint density at radius 1 is 1.20 bits per heavy atom. The summed E-state index contributed by atoms with van der Waals surface area (Å²) in [7, 11) is 0. The fourth-order valence-electron chi connectivity index (χ4n) is 3.70. The molecular weight excluding hydrogens is 312 g/mol. The second kappa shape index (κ2) is 7.06. The van der Waals surface area contributed by atoms with Crippen LogP contribution in [0.15, 0.2) is 42.5 Å². The molecule has 25 heavy (non-hydrogen) atoms. The summed E-state index contributed by atoms with van der Waals surface area (Å²) < 4.78 is 25.5. The topological polar surface area (TPSA) is 33.7 Å². The van der Waals surface area contributed by atoms with Crippen LogP contribution in [0.4, 0.5) is 0 Å². The largest absolute Gasteiger partial charge is 0.454 e. The quantitative estimate of drug-likeness (QED) is 0.920. The van der Waals surface area contributed by atoms with E-state index in [4.69, 9.17) is 12.2 Å². The van der Waals surface area contributed by atoms with Crippen molar-refractivity contribution in [2.45, 2.75) is 32.4 Å². The highest BCUT2D eigenvalue weighted by atomic mass is 16.7. The SMILES string of the molecule is [2H]C1([2H])Oc2ccc(CN3CCNC(c4ccccc4C(C)C)C3)cc2O1. The smallest absolute Gasteiger partial charge is 0.231 e. The van der Waals surface area contributed by atoms with Gasteiger partial charge in [-0.2, -0.15) is 0 Å². The molecule has 0 bridgehead atoms. The van der Waals surface area contributed by atoms with Crippen molar-refractivity contribution >= 4 is 0 Å². The minimum atomic E-state index is -2.07. The van der Waals surface area contributed by atoms with Crippen molar-refractivity contribution in [2.75, 3.05) is 26.4 Å². The molecular formula is C21H26N2O2. The van der Waals surface area contributed by atoms with Gasteiger partial charge in [-0.25, -0.2) is 0 Å². The first-order chi connectivity index (χ1) is 12.9. The van der Waals surface area contributed by atoms with Gasteiger partial charge in [-0.1, -0.05) is 44.2 Å². The number of piperazine rings is 1. The standard InChI is InChI=1S/C21H26N2O2/c1-15(2)17-5-3-4-6-18(17)19-13-23(10-9-22-19)12-16-7-8-20-21(11-16)25-14-24-20/h3-8,11,15,19,22H,9-10,12-14H2,1-2H3/i14D2. The van der Waals surface area contributed by atoms with Crippen molar-refractivity contribution < 1.29 is 12.2 Å². The summed E-state index contributed by atoms with van der Waals surface area (Å²) in [4.78, 5) is 2.43. The molecule has 0 aliphatic carbocycles. The van der Waals surface area contributed by atoms with Crippen LogP contribution in [0.3, 0.4) is 0 Å². The van der Waals surface area contributed by atoms with Crippen molar-refractivity contribution in [1.82, 2.24) is 10.2 Å². The molecule has 1 fully saturated rings. The Hall–Kier alpha value is -2.04. The first-order valence-corrected chi connectivity index (χ1v) is 8.97. The molecule has 2 aromatic rings. The van der Waals surface area contributed by atoms with E-state index in [0.717, 1.165) is 31.7 Å². The number of nitrogens with zero attached hydrogens (tertiary/aromatic N) is 1. The van der Waals surface area contributed by atoms with E-state index in [2.05, 4.69) is 48.3 Å². The van der Waals surface area contributed by atoms with Gasteiger partial charge in [-0.15, -0.1) is 0 Å². The molecule has 0 radical (unpaired) electrons. The zero-order chi connectivity index (χ0) is 19.0. The maximum absolute atomic E-state index is 7.58. The number of fused-ring (bicyclic) bond motifs is 1. The molecule has 2 aliphatic rings. The Morgan fingerprint density at radius 3 is 2.92 bits per heavy atom. The number of benzene rings is 2. The van der Waals surface area contributed by atoms with E-state index >= 15 is 0 Å². The van der Waals surface area contributed by atoms with E-state index in [9.17, 15) is 0 Å². The molecule has 0 aromatic heterocycles. The van der Waals surface area contributed by atoms with Crippen LogP contribution in [0.25, 0.3) is 0 Å². The summed E-state index contributed by atoms with van der Waals surface area (Å²) in [6, 6.07) is 14.7. The molecule has 0 amide bonds. The highest BCUT2D eigenvalue weighted by molar-refractivity contribution is 5.44. The van der Waals surface area contributed by atoms with Gasteiger partial charge < -0.3 is 14.8 Å². The molecule has 4 rings (SSSR count). The molecule has 4 heteroatoms. The van der Waals surface area contributed by atoms with Crippen molar-refractivity contribution in [2.24, 2.45) is 0 Å². The maximum Gasteiger partial charge on any atom is 0.231 e. The van der Waals surface area contributed by atoms with Gasteiger partial charge in [0, 0.05) is 32.2 Å². The predicted molar refractivity (Wildman–Crippen MR) is 99.1 cm³/mol. The van der Waals surface area contributed by atoms with Crippen molar-refractivity contribution in [3.8, 4) is 11.5 Å². The average molecular weight is 340 g/mol. The van der Waals surface area contributed by atoms with Gasteiger partial charge in [-0.05, 0) is 34.7 Å². The van der Waals surface area contributed by atoms with Crippen molar-refractivity contribution in [3.63, 3.8) is 0 Å². The lowest BCUT2D eigenvalue weighted by atomic mass is 9.92. The van der Waals surface area contributed by atoms with E-state index in [1.54, 1.807) is 6.07 Å². The molecule has 2 aliphatic heterocycles. The third kappa shape index (κ3) is 3.51. The average Bonchev–Trinajstić information content (AvgIpc) is 2.95. The van der Waals surface area contributed by atoms with Gasteiger partial charge in [0.15, 0.2) is 11.5 Å². The molecule has 132 valence electrons. The van der Waals surface area contributed by atoms with Crippen LogP contribution < -0.4 is 14.8 Å². The predicted octanol–water partition coefficient (Wildman–Crippen LogP) is 3.69. The number of rotatable bonds is 4. The highest BCUT2D eigenvalue weighted by Gasteiger charge is 2.24. The zero-order valence-electron chi connectivity index (χ0n) is 16.8. The number of hydrogen-bond donors (Lipinski definition) is 1. The Morgan fingerprint density at radius 2 is 2.04 bits per heavy atom. The molecule has 0 spiro atoms. The zero-order valence-corrected chi connectivity index (χ0v) is 14.8. The first kappa shape index (κ1) is 14.2. The molecule has 2 heterocycles. The van der Waals surface area contributed by atoms with Gasteiger partial charge in [0.1, 0.15) is 2.74 Å². The number of nitrogens with one attached hydrogen (secondary N) is 1. The van der Waals surface area contributed by atoms with Gasteiger partial charge >= 0.3 is 0 Å². The molecule has 0 saturated carbocycles. The summed E-state index contributed by atoms with van der Waals surface area (Å²) >= 11 is 0. The summed E-state index contributed by atoms with van der Waals surface area (Å²) in [6.45, 7) is 6.09. The van der Waals surface area contributed by atoms with Gasteiger partial charge in [0.2, 0.25) is 6.75 Å². The number of ether oxygens (including phenoxy) is 2. The lowest BCUT2D eigenvalue weighted by Gasteiger charge is -2.35. The monoisotopic (exact) mass is 340 g/mol. The second-order valence-electron chi connectivity index (χ2n) is 7.09. The van der Waals surface area contributed by atoms with E-state index in [-0.39, 0.29) is 0 Å². The normalized spacial score (nSPS) is 23.4. The summed E-state index contributed by atoms with van der Waals surface area (Å²) in [5.74, 6) is 1.45. The molecule has 4 nitrogen and oxygen atoms in total. The number of hydrogen-bond acceptors (Lipinski definition) is 4. The highest BCUT2D eigenvalue weighted by Crippen LogP contribution is 2.33. The molecule has 2 aromatic carbocycles. The van der Waals surface area contributed by atoms with Gasteiger partial charge in [0.05, 0.1) is 0 Å². The summed E-state index contributed by atoms with van der Waals surface area (Å²) in [5, 5.41) is 3.66. The van der Waals surface area contributed by atoms with Crippen LogP contribution in [0.1, 0.15) is 45.2 Å². The fraction of sp³-hybridized carbons (Fsp3) is 0.429. The summed E-state index contributed by atoms with van der Waals surface area (Å²) in [6.07, 6.45) is 0. The Bertz CT molecular complexity index is 826. The molecule has 1 unspecified atom stereocenters. The van der Waals surface area contributed by atoms with Crippen LogP contribution in [-0.4, -0.2) is 31.3 Å².